The van der Waals surface area contributed by atoms with Crippen LogP contribution < -0.4 is 15.7 Å². The van der Waals surface area contributed by atoms with Gasteiger partial charge in [0.15, 0.2) is 6.17 Å². The lowest BCUT2D eigenvalue weighted by atomic mass is 9.83. The Morgan fingerprint density at radius 1 is 1.10 bits per heavy atom. The second-order valence-electron chi connectivity index (χ2n) is 11.1. The maximum atomic E-state index is 12.8. The molecule has 0 radical (unpaired) electrons. The summed E-state index contributed by atoms with van der Waals surface area (Å²) in [5.41, 5.74) is 6.22. The number of carbonyl (C=O) groups excluding carboxylic acids is 2. The minimum atomic E-state index is -0.634. The molecule has 2 atom stereocenters. The molecule has 6 rings (SSSR count). The Balaban J connectivity index is 1.54. The zero-order chi connectivity index (χ0) is 27.3. The number of rotatable bonds is 5. The molecule has 2 saturated heterocycles. The quantitative estimate of drug-likeness (QED) is 0.489. The van der Waals surface area contributed by atoms with Crippen LogP contribution in [0, 0.1) is 11.8 Å². The van der Waals surface area contributed by atoms with E-state index in [-0.39, 0.29) is 18.5 Å². The molecule has 2 aliphatic heterocycles. The van der Waals surface area contributed by atoms with Gasteiger partial charge in [-0.15, -0.1) is 5.48 Å². The minimum absolute atomic E-state index is 0.0614. The van der Waals surface area contributed by atoms with Crippen LogP contribution in [0.5, 0.6) is 0 Å². The number of halogens is 1. The summed E-state index contributed by atoms with van der Waals surface area (Å²) in [4.78, 5) is 47.8. The molecule has 0 spiro atoms. The predicted molar refractivity (Wildman–Crippen MR) is 147 cm³/mol. The van der Waals surface area contributed by atoms with Gasteiger partial charge in [-0.25, -0.2) is 14.8 Å². The number of amides is 2. The van der Waals surface area contributed by atoms with Crippen molar-refractivity contribution in [1.82, 2.24) is 35.2 Å². The summed E-state index contributed by atoms with van der Waals surface area (Å²) in [7, 11) is 1.84. The number of nitrogens with one attached hydrogen (secondary N) is 2. The number of hydrogen-bond acceptors (Lipinski definition) is 8. The summed E-state index contributed by atoms with van der Waals surface area (Å²) in [5.74, 6) is 2.05. The zero-order valence-electron chi connectivity index (χ0n) is 22.4. The molecule has 1 unspecified atom stereocenters. The van der Waals surface area contributed by atoms with Gasteiger partial charge in [0.2, 0.25) is 11.9 Å². The van der Waals surface area contributed by atoms with E-state index in [1.807, 2.05) is 19.2 Å². The third-order valence-electron chi connectivity index (χ3n) is 8.16. The number of anilines is 1. The van der Waals surface area contributed by atoms with Crippen molar-refractivity contribution in [3.63, 3.8) is 0 Å². The first kappa shape index (κ1) is 25.8. The number of nitrogens with zero attached hydrogens (tertiary/aromatic N) is 6. The highest BCUT2D eigenvalue weighted by Crippen LogP contribution is 2.37. The first-order valence-corrected chi connectivity index (χ1v) is 13.9. The van der Waals surface area contributed by atoms with Crippen molar-refractivity contribution in [3.05, 3.63) is 35.2 Å². The maximum absolute atomic E-state index is 12.8. The summed E-state index contributed by atoms with van der Waals surface area (Å²) in [6, 6.07) is 3.79. The lowest BCUT2D eigenvalue weighted by molar-refractivity contribution is -0.130. The van der Waals surface area contributed by atoms with Crippen molar-refractivity contribution in [2.24, 2.45) is 11.8 Å². The van der Waals surface area contributed by atoms with Gasteiger partial charge in [0.05, 0.1) is 27.4 Å². The Hall–Kier alpha value is -3.44. The van der Waals surface area contributed by atoms with Gasteiger partial charge >= 0.3 is 6.09 Å². The molecule has 0 bridgehead atoms. The van der Waals surface area contributed by atoms with E-state index < -0.39 is 12.3 Å². The summed E-state index contributed by atoms with van der Waals surface area (Å²) < 4.78 is 2.25. The highest BCUT2D eigenvalue weighted by Gasteiger charge is 2.34. The Morgan fingerprint density at radius 3 is 2.62 bits per heavy atom. The van der Waals surface area contributed by atoms with Gasteiger partial charge in [0.1, 0.15) is 6.54 Å². The molecule has 12 heteroatoms. The van der Waals surface area contributed by atoms with Gasteiger partial charge in [-0.3, -0.25) is 15.1 Å². The second kappa shape index (κ2) is 10.3. The van der Waals surface area contributed by atoms with Gasteiger partial charge in [-0.2, -0.15) is 0 Å². The van der Waals surface area contributed by atoms with Crippen LogP contribution in [0.2, 0.25) is 5.02 Å². The number of likely N-dealkylation sites (N-methyl/N-ethyl adjacent to an activating group) is 1. The fourth-order valence-corrected chi connectivity index (χ4v) is 6.10. The Kier molecular flexibility index (Phi) is 6.80. The third kappa shape index (κ3) is 5.00. The molecule has 11 nitrogen and oxygen atoms in total. The topological polar surface area (TPSA) is 118 Å². The fraction of sp³-hybridized carbons (Fsp3) is 0.519. The maximum Gasteiger partial charge on any atom is 0.427 e. The molecule has 0 aromatic carbocycles. The molecule has 2 amide bonds. The van der Waals surface area contributed by atoms with Crippen LogP contribution in [0.4, 0.5) is 10.7 Å². The van der Waals surface area contributed by atoms with Gasteiger partial charge in [0.25, 0.3) is 0 Å². The van der Waals surface area contributed by atoms with E-state index in [0.717, 1.165) is 47.8 Å². The van der Waals surface area contributed by atoms with Crippen LogP contribution in [0.15, 0.2) is 24.5 Å². The number of hydrogen-bond donors (Lipinski definition) is 2. The average Bonchev–Trinajstić information content (AvgIpc) is 3.50. The lowest BCUT2D eigenvalue weighted by Gasteiger charge is -2.39. The van der Waals surface area contributed by atoms with Crippen molar-refractivity contribution in [1.29, 1.82) is 0 Å². The lowest BCUT2D eigenvalue weighted by Crippen LogP contribution is -2.54. The zero-order valence-corrected chi connectivity index (χ0v) is 23.1. The minimum Gasteiger partial charge on any atom is -0.351 e. The predicted octanol–water partition coefficient (Wildman–Crippen LogP) is 3.88. The van der Waals surface area contributed by atoms with Gasteiger partial charge in [-0.1, -0.05) is 31.4 Å². The van der Waals surface area contributed by atoms with E-state index in [1.165, 1.54) is 12.8 Å². The number of imidazole rings is 1. The van der Waals surface area contributed by atoms with E-state index >= 15 is 0 Å². The number of piperazine rings is 1. The molecule has 3 fully saturated rings. The van der Waals surface area contributed by atoms with Crippen LogP contribution in [0.25, 0.3) is 22.3 Å². The van der Waals surface area contributed by atoms with Gasteiger partial charge < -0.3 is 19.2 Å². The van der Waals surface area contributed by atoms with Crippen LogP contribution in [-0.2, 0) is 16.2 Å². The smallest absolute Gasteiger partial charge is 0.351 e. The van der Waals surface area contributed by atoms with Crippen LogP contribution in [0.1, 0.15) is 51.4 Å². The van der Waals surface area contributed by atoms with Crippen molar-refractivity contribution in [3.8, 4) is 11.3 Å². The van der Waals surface area contributed by atoms with E-state index in [0.29, 0.717) is 28.9 Å². The Labute approximate surface area is 231 Å². The van der Waals surface area contributed by atoms with Crippen molar-refractivity contribution in [2.45, 2.75) is 58.3 Å². The van der Waals surface area contributed by atoms with Crippen molar-refractivity contribution >= 4 is 40.6 Å². The molecule has 5 heterocycles. The molecule has 3 aromatic rings. The average molecular weight is 553 g/mol. The van der Waals surface area contributed by atoms with E-state index in [2.05, 4.69) is 39.1 Å². The molecule has 1 aliphatic carbocycles. The molecule has 3 aromatic heterocycles. The standard InChI is InChI=1S/C27H33ClN8O3/c1-15-4-6-17(7-5-15)13-36-24-20(31-26(36)35-14-22(37)34(3)12-16(35)2)9-21(25-32-27(38)39-33-25)30-23(24)18-8-19(28)11-29-10-18/h8-11,15-17,25,33H,4-7,12-14H2,1-3H3,(H,32,38)/t15?,16-,17?,25?/m1/s1. The monoisotopic (exact) mass is 552 g/mol. The highest BCUT2D eigenvalue weighted by atomic mass is 35.5. The molecular weight excluding hydrogens is 520 g/mol. The number of aromatic nitrogens is 4. The van der Waals surface area contributed by atoms with E-state index in [1.54, 1.807) is 17.3 Å². The van der Waals surface area contributed by atoms with E-state index in [9.17, 15) is 9.59 Å². The largest absolute Gasteiger partial charge is 0.427 e. The second-order valence-corrected chi connectivity index (χ2v) is 11.6. The summed E-state index contributed by atoms with van der Waals surface area (Å²) in [5, 5.41) is 3.22. The highest BCUT2D eigenvalue weighted by molar-refractivity contribution is 6.30. The first-order valence-electron chi connectivity index (χ1n) is 13.5. The van der Waals surface area contributed by atoms with Gasteiger partial charge in [0, 0.05) is 44.1 Å². The molecule has 39 heavy (non-hydrogen) atoms. The normalized spacial score (nSPS) is 25.7. The van der Waals surface area contributed by atoms with Gasteiger partial charge in [-0.05, 0) is 43.7 Å². The summed E-state index contributed by atoms with van der Waals surface area (Å²) in [6.45, 7) is 6.09. The molecule has 3 aliphatic rings. The van der Waals surface area contributed by atoms with Crippen LogP contribution >= 0.6 is 11.6 Å². The number of pyridine rings is 2. The first-order chi connectivity index (χ1) is 18.8. The number of hydroxylamine groups is 1. The van der Waals surface area contributed by atoms with Crippen LogP contribution in [0.3, 0.4) is 0 Å². The summed E-state index contributed by atoms with van der Waals surface area (Å²) in [6.07, 6.45) is 6.81. The third-order valence-corrected chi connectivity index (χ3v) is 8.37. The number of carbonyl (C=O) groups is 2. The van der Waals surface area contributed by atoms with Crippen molar-refractivity contribution in [2.75, 3.05) is 25.0 Å². The Morgan fingerprint density at radius 2 is 1.90 bits per heavy atom. The molecule has 1 saturated carbocycles. The number of fused-ring (bicyclic) bond motifs is 1. The molecule has 206 valence electrons. The van der Waals surface area contributed by atoms with E-state index in [4.69, 9.17) is 26.4 Å². The SMILES string of the molecule is CC1CCC(Cn2c(N3CC(=O)N(C)C[C@H]3C)nc3cc(C4NOC(=O)N4)nc(-c4cncc(Cl)c4)c32)CC1. The van der Waals surface area contributed by atoms with Crippen molar-refractivity contribution < 1.29 is 14.4 Å². The summed E-state index contributed by atoms with van der Waals surface area (Å²) >= 11 is 6.36. The fourth-order valence-electron chi connectivity index (χ4n) is 5.93. The van der Waals surface area contributed by atoms with Crippen LogP contribution in [-0.4, -0.2) is 62.6 Å². The molecule has 2 N–H and O–H groups in total. The molecular formula is C27H33ClN8O3. The Bertz CT molecular complexity index is 1420.